The fraction of sp³-hybridized carbons (Fsp3) is 0.273. The molecule has 0 aromatic heterocycles. The van der Waals surface area contributed by atoms with Gasteiger partial charge in [0.05, 0.1) is 5.56 Å². The first kappa shape index (κ1) is 13.1. The number of hydrogen-bond donors (Lipinski definition) is 1. The summed E-state index contributed by atoms with van der Waals surface area (Å²) in [6, 6.07) is 4.80. The van der Waals surface area contributed by atoms with Gasteiger partial charge in [0.2, 0.25) is 0 Å². The van der Waals surface area contributed by atoms with Crippen LogP contribution in [0.3, 0.4) is 0 Å². The zero-order valence-corrected chi connectivity index (χ0v) is 10.3. The van der Waals surface area contributed by atoms with Gasteiger partial charge in [0.25, 0.3) is 0 Å². The molecule has 1 N–H and O–H groups in total. The molecule has 0 atom stereocenters. The summed E-state index contributed by atoms with van der Waals surface area (Å²) in [5.74, 6) is -1.12. The van der Waals surface area contributed by atoms with Crippen LogP contribution in [0.5, 0.6) is 0 Å². The maximum absolute atomic E-state index is 11.8. The van der Waals surface area contributed by atoms with Crippen LogP contribution < -0.4 is 0 Å². The second kappa shape index (κ2) is 5.92. The number of aromatic carboxylic acids is 1. The molecule has 0 saturated heterocycles. The quantitative estimate of drug-likeness (QED) is 0.501. The number of carbonyl (C=O) groups excluding carboxylic acids is 1. The summed E-state index contributed by atoms with van der Waals surface area (Å²) >= 11 is 6.85. The Labute approximate surface area is 103 Å². The number of carbonyl (C=O) groups is 2. The molecule has 0 heterocycles. The van der Waals surface area contributed by atoms with E-state index in [-0.39, 0.29) is 29.2 Å². The van der Waals surface area contributed by atoms with Gasteiger partial charge in [-0.25, -0.2) is 4.79 Å². The van der Waals surface area contributed by atoms with Crippen LogP contribution in [0.1, 0.15) is 27.1 Å². The third kappa shape index (κ3) is 2.77. The van der Waals surface area contributed by atoms with Crippen molar-refractivity contribution in [1.29, 1.82) is 0 Å². The van der Waals surface area contributed by atoms with Crippen LogP contribution in [0.25, 0.3) is 0 Å². The monoisotopic (exact) mass is 258 g/mol. The molecule has 16 heavy (non-hydrogen) atoms. The molecule has 0 amide bonds. The summed E-state index contributed by atoms with van der Waals surface area (Å²) < 4.78 is 0. The Bertz CT molecular complexity index is 418. The third-order valence-corrected chi connectivity index (χ3v) is 3.05. The Balaban J connectivity index is 3.30. The standard InChI is InChI=1S/C11H11ClO3S/c1-16-9-4-2-3-7(11(14)15)10(9)8(13)5-6-12/h2-4H,5-6H2,1H3,(H,14,15). The lowest BCUT2D eigenvalue weighted by Crippen LogP contribution is -2.10. The van der Waals surface area contributed by atoms with Gasteiger partial charge < -0.3 is 5.11 Å². The Morgan fingerprint density at radius 2 is 2.12 bits per heavy atom. The minimum atomic E-state index is -1.09. The van der Waals surface area contributed by atoms with E-state index < -0.39 is 5.97 Å². The fourth-order valence-corrected chi connectivity index (χ4v) is 2.19. The van der Waals surface area contributed by atoms with Gasteiger partial charge in [0.15, 0.2) is 5.78 Å². The van der Waals surface area contributed by atoms with Gasteiger partial charge in [-0.3, -0.25) is 4.79 Å². The number of halogens is 1. The Kier molecular flexibility index (Phi) is 4.83. The minimum absolute atomic E-state index is 0.0435. The molecule has 1 aromatic rings. The van der Waals surface area contributed by atoms with E-state index in [0.717, 1.165) is 0 Å². The molecule has 0 bridgehead atoms. The normalized spacial score (nSPS) is 10.1. The van der Waals surface area contributed by atoms with Crippen LogP contribution in [0.4, 0.5) is 0 Å². The number of thioether (sulfide) groups is 1. The molecule has 0 unspecified atom stereocenters. The average Bonchev–Trinajstić information content (AvgIpc) is 2.28. The summed E-state index contributed by atoms with van der Waals surface area (Å²) in [5, 5.41) is 9.01. The first-order chi connectivity index (χ1) is 7.61. The highest BCUT2D eigenvalue weighted by Crippen LogP contribution is 2.25. The fourth-order valence-electron chi connectivity index (χ4n) is 1.38. The van der Waals surface area contributed by atoms with Crippen molar-refractivity contribution in [2.24, 2.45) is 0 Å². The van der Waals surface area contributed by atoms with Crippen molar-refractivity contribution in [3.63, 3.8) is 0 Å². The molecule has 86 valence electrons. The number of Topliss-reactive ketones (excluding diaryl/α,β-unsaturated/α-hetero) is 1. The number of rotatable bonds is 5. The second-order valence-corrected chi connectivity index (χ2v) is 4.28. The number of carboxylic acid groups (broad SMARTS) is 1. The molecule has 0 radical (unpaired) electrons. The summed E-state index contributed by atoms with van der Waals surface area (Å²) in [6.07, 6.45) is 1.96. The molecular formula is C11H11ClO3S. The van der Waals surface area contributed by atoms with Crippen molar-refractivity contribution in [2.45, 2.75) is 11.3 Å². The zero-order valence-electron chi connectivity index (χ0n) is 8.70. The molecule has 0 fully saturated rings. The van der Waals surface area contributed by atoms with E-state index in [1.54, 1.807) is 18.4 Å². The maximum Gasteiger partial charge on any atom is 0.336 e. The van der Waals surface area contributed by atoms with E-state index in [4.69, 9.17) is 16.7 Å². The first-order valence-corrected chi connectivity index (χ1v) is 6.37. The van der Waals surface area contributed by atoms with Crippen LogP contribution in [-0.2, 0) is 0 Å². The number of alkyl halides is 1. The smallest absolute Gasteiger partial charge is 0.336 e. The van der Waals surface area contributed by atoms with E-state index in [9.17, 15) is 9.59 Å². The summed E-state index contributed by atoms with van der Waals surface area (Å²) in [5.41, 5.74) is 0.310. The molecule has 0 aliphatic rings. The second-order valence-electron chi connectivity index (χ2n) is 3.05. The van der Waals surface area contributed by atoms with Crippen LogP contribution in [0, 0.1) is 0 Å². The SMILES string of the molecule is CSc1cccc(C(=O)O)c1C(=O)CCCl. The van der Waals surface area contributed by atoms with Gasteiger partial charge in [-0.15, -0.1) is 23.4 Å². The summed E-state index contributed by atoms with van der Waals surface area (Å²) in [6.45, 7) is 0. The Hall–Kier alpha value is -1.00. The van der Waals surface area contributed by atoms with Gasteiger partial charge in [0.1, 0.15) is 0 Å². The predicted molar refractivity (Wildman–Crippen MR) is 64.8 cm³/mol. The molecule has 0 aliphatic heterocycles. The van der Waals surface area contributed by atoms with Gasteiger partial charge in [-0.1, -0.05) is 6.07 Å². The van der Waals surface area contributed by atoms with Crippen molar-refractivity contribution in [3.8, 4) is 0 Å². The van der Waals surface area contributed by atoms with Gasteiger partial charge in [0, 0.05) is 22.8 Å². The highest BCUT2D eigenvalue weighted by Gasteiger charge is 2.19. The Morgan fingerprint density at radius 3 is 2.62 bits per heavy atom. The van der Waals surface area contributed by atoms with E-state index in [1.807, 2.05) is 0 Å². The Morgan fingerprint density at radius 1 is 1.44 bits per heavy atom. The van der Waals surface area contributed by atoms with Crippen molar-refractivity contribution in [3.05, 3.63) is 29.3 Å². The molecule has 0 aliphatic carbocycles. The van der Waals surface area contributed by atoms with Crippen molar-refractivity contribution < 1.29 is 14.7 Å². The third-order valence-electron chi connectivity index (χ3n) is 2.08. The zero-order chi connectivity index (χ0) is 12.1. The average molecular weight is 259 g/mol. The van der Waals surface area contributed by atoms with Crippen LogP contribution >= 0.6 is 23.4 Å². The van der Waals surface area contributed by atoms with Crippen molar-refractivity contribution in [1.82, 2.24) is 0 Å². The molecule has 5 heteroatoms. The van der Waals surface area contributed by atoms with E-state index >= 15 is 0 Å². The molecule has 0 saturated carbocycles. The first-order valence-electron chi connectivity index (χ1n) is 4.61. The molecule has 0 spiro atoms. The largest absolute Gasteiger partial charge is 0.478 e. The van der Waals surface area contributed by atoms with Gasteiger partial charge in [-0.2, -0.15) is 0 Å². The lowest BCUT2D eigenvalue weighted by Gasteiger charge is -2.08. The van der Waals surface area contributed by atoms with Crippen LogP contribution in [0.2, 0.25) is 0 Å². The van der Waals surface area contributed by atoms with E-state index in [2.05, 4.69) is 0 Å². The van der Waals surface area contributed by atoms with Gasteiger partial charge in [-0.05, 0) is 18.4 Å². The molecule has 3 nitrogen and oxygen atoms in total. The molecule has 1 aromatic carbocycles. The van der Waals surface area contributed by atoms with Crippen LogP contribution in [0.15, 0.2) is 23.1 Å². The highest BCUT2D eigenvalue weighted by molar-refractivity contribution is 7.98. The molecule has 1 rings (SSSR count). The number of ketones is 1. The number of hydrogen-bond acceptors (Lipinski definition) is 3. The van der Waals surface area contributed by atoms with Gasteiger partial charge >= 0.3 is 5.97 Å². The highest BCUT2D eigenvalue weighted by atomic mass is 35.5. The van der Waals surface area contributed by atoms with Crippen LogP contribution in [-0.4, -0.2) is 29.0 Å². The lowest BCUT2D eigenvalue weighted by atomic mass is 10.0. The van der Waals surface area contributed by atoms with E-state index in [0.29, 0.717) is 4.90 Å². The number of benzene rings is 1. The van der Waals surface area contributed by atoms with Crippen molar-refractivity contribution >= 4 is 35.1 Å². The topological polar surface area (TPSA) is 54.4 Å². The number of carboxylic acids is 1. The summed E-state index contributed by atoms with van der Waals surface area (Å²) in [4.78, 5) is 23.5. The minimum Gasteiger partial charge on any atom is -0.478 e. The summed E-state index contributed by atoms with van der Waals surface area (Å²) in [7, 11) is 0. The maximum atomic E-state index is 11.8. The lowest BCUT2D eigenvalue weighted by molar-refractivity contribution is 0.0691. The predicted octanol–water partition coefficient (Wildman–Crippen LogP) is 2.92. The van der Waals surface area contributed by atoms with Crippen molar-refractivity contribution in [2.75, 3.05) is 12.1 Å². The molecular weight excluding hydrogens is 248 g/mol. The van der Waals surface area contributed by atoms with E-state index in [1.165, 1.54) is 17.8 Å².